The molecule has 18 heavy (non-hydrogen) atoms. The second-order valence-corrected chi connectivity index (χ2v) is 5.44. The van der Waals surface area contributed by atoms with Gasteiger partial charge in [0.05, 0.1) is 11.1 Å². The number of hydrogen-bond donors (Lipinski definition) is 1. The summed E-state index contributed by atoms with van der Waals surface area (Å²) in [6.07, 6.45) is 0. The molecule has 0 fully saturated rings. The van der Waals surface area contributed by atoms with Crippen LogP contribution < -0.4 is 5.32 Å². The Morgan fingerprint density at radius 2 is 2.06 bits per heavy atom. The Balaban J connectivity index is 2.52. The van der Waals surface area contributed by atoms with E-state index in [1.165, 1.54) is 0 Å². The Labute approximate surface area is 113 Å². The number of nitrogens with one attached hydrogen (secondary N) is 1. The van der Waals surface area contributed by atoms with Crippen LogP contribution in [0.1, 0.15) is 38.1 Å². The van der Waals surface area contributed by atoms with E-state index in [1.54, 1.807) is 0 Å². The third kappa shape index (κ3) is 2.40. The van der Waals surface area contributed by atoms with Gasteiger partial charge in [-0.15, -0.1) is 0 Å². The third-order valence-corrected chi connectivity index (χ3v) is 3.57. The Hall–Kier alpha value is -0.990. The molecule has 0 aliphatic heterocycles. The van der Waals surface area contributed by atoms with Crippen LogP contribution in [0.15, 0.2) is 22.6 Å². The van der Waals surface area contributed by atoms with Crippen molar-refractivity contribution in [1.82, 2.24) is 5.32 Å². The van der Waals surface area contributed by atoms with Gasteiger partial charge < -0.3 is 9.73 Å². The summed E-state index contributed by atoms with van der Waals surface area (Å²) in [4.78, 5) is 0. The van der Waals surface area contributed by atoms with E-state index in [0.29, 0.717) is 5.92 Å². The highest BCUT2D eigenvalue weighted by Crippen LogP contribution is 2.33. The molecule has 0 bridgehead atoms. The summed E-state index contributed by atoms with van der Waals surface area (Å²) in [6.45, 7) is 9.45. The summed E-state index contributed by atoms with van der Waals surface area (Å²) in [5.74, 6) is 1.45. The van der Waals surface area contributed by atoms with E-state index in [0.717, 1.165) is 33.9 Å². The van der Waals surface area contributed by atoms with Gasteiger partial charge in [0.2, 0.25) is 0 Å². The molecule has 98 valence electrons. The second-order valence-electron chi connectivity index (χ2n) is 5.04. The molecular weight excluding hydrogens is 246 g/mol. The van der Waals surface area contributed by atoms with Gasteiger partial charge in [0, 0.05) is 5.39 Å². The number of rotatable bonds is 4. The fourth-order valence-electron chi connectivity index (χ4n) is 2.28. The fourth-order valence-corrected chi connectivity index (χ4v) is 2.49. The van der Waals surface area contributed by atoms with Crippen molar-refractivity contribution in [3.05, 3.63) is 34.5 Å². The average Bonchev–Trinajstić information content (AvgIpc) is 2.76. The average molecular weight is 266 g/mol. The van der Waals surface area contributed by atoms with E-state index in [-0.39, 0.29) is 6.04 Å². The van der Waals surface area contributed by atoms with E-state index < -0.39 is 0 Å². The van der Waals surface area contributed by atoms with Crippen LogP contribution in [-0.4, -0.2) is 6.54 Å². The van der Waals surface area contributed by atoms with E-state index >= 15 is 0 Å². The summed E-state index contributed by atoms with van der Waals surface area (Å²) in [7, 11) is 0. The lowest BCUT2D eigenvalue weighted by molar-refractivity contribution is 0.356. The van der Waals surface area contributed by atoms with Gasteiger partial charge in [-0.3, -0.25) is 0 Å². The van der Waals surface area contributed by atoms with Crippen LogP contribution in [-0.2, 0) is 0 Å². The lowest BCUT2D eigenvalue weighted by Crippen LogP contribution is -2.24. The number of hydrogen-bond acceptors (Lipinski definition) is 2. The van der Waals surface area contributed by atoms with Gasteiger partial charge in [-0.25, -0.2) is 0 Å². The molecule has 2 aromatic rings. The largest absolute Gasteiger partial charge is 0.459 e. The highest BCUT2D eigenvalue weighted by atomic mass is 35.5. The topological polar surface area (TPSA) is 25.2 Å². The molecule has 0 aliphatic carbocycles. The Kier molecular flexibility index (Phi) is 3.98. The number of aryl methyl sites for hydroxylation is 1. The fraction of sp³-hybridized carbons (Fsp3) is 0.467. The Morgan fingerprint density at radius 3 is 2.61 bits per heavy atom. The molecule has 1 N–H and O–H groups in total. The predicted molar refractivity (Wildman–Crippen MR) is 77.2 cm³/mol. The van der Waals surface area contributed by atoms with Crippen molar-refractivity contribution in [2.45, 2.75) is 33.7 Å². The van der Waals surface area contributed by atoms with Crippen LogP contribution in [0, 0.1) is 12.8 Å². The highest BCUT2D eigenvalue weighted by molar-refractivity contribution is 6.35. The molecule has 3 heteroatoms. The number of furan rings is 1. The van der Waals surface area contributed by atoms with E-state index in [4.69, 9.17) is 16.0 Å². The number of benzene rings is 1. The van der Waals surface area contributed by atoms with Gasteiger partial charge in [-0.05, 0) is 37.1 Å². The number of fused-ring (bicyclic) bond motifs is 1. The quantitative estimate of drug-likeness (QED) is 0.867. The molecule has 0 aliphatic rings. The molecule has 1 aromatic heterocycles. The molecule has 1 atom stereocenters. The zero-order valence-corrected chi connectivity index (χ0v) is 12.1. The minimum Gasteiger partial charge on any atom is -0.459 e. The molecule has 0 saturated heterocycles. The maximum atomic E-state index is 6.22. The van der Waals surface area contributed by atoms with Crippen molar-refractivity contribution in [2.24, 2.45) is 5.92 Å². The smallest absolute Gasteiger partial charge is 0.138 e. The lowest BCUT2D eigenvalue weighted by atomic mass is 10.0. The molecule has 0 amide bonds. The van der Waals surface area contributed by atoms with Gasteiger partial charge in [0.15, 0.2) is 0 Å². The van der Waals surface area contributed by atoms with E-state index in [2.05, 4.69) is 32.2 Å². The SMILES string of the molecule is CCNC(c1cc2c(Cl)ccc(C)c2o1)C(C)C. The predicted octanol–water partition coefficient (Wildman–Crippen LogP) is 4.70. The summed E-state index contributed by atoms with van der Waals surface area (Å²) in [5.41, 5.74) is 2.03. The zero-order chi connectivity index (χ0) is 13.3. The van der Waals surface area contributed by atoms with Crippen molar-refractivity contribution in [1.29, 1.82) is 0 Å². The van der Waals surface area contributed by atoms with Crippen LogP contribution in [0.25, 0.3) is 11.0 Å². The molecular formula is C15H20ClNO. The first-order chi connectivity index (χ1) is 8.54. The standard InChI is InChI=1S/C15H20ClNO/c1-5-17-14(9(2)3)13-8-11-12(16)7-6-10(4)15(11)18-13/h6-9,14,17H,5H2,1-4H3. The zero-order valence-electron chi connectivity index (χ0n) is 11.4. The normalized spacial score (nSPS) is 13.4. The molecule has 0 radical (unpaired) electrons. The van der Waals surface area contributed by atoms with Crippen LogP contribution in [0.3, 0.4) is 0 Å². The first-order valence-electron chi connectivity index (χ1n) is 6.46. The molecule has 1 aromatic carbocycles. The molecule has 1 heterocycles. The van der Waals surface area contributed by atoms with Gasteiger partial charge >= 0.3 is 0 Å². The van der Waals surface area contributed by atoms with Crippen LogP contribution in [0.2, 0.25) is 5.02 Å². The van der Waals surface area contributed by atoms with E-state index in [1.807, 2.05) is 19.1 Å². The highest BCUT2D eigenvalue weighted by Gasteiger charge is 2.20. The van der Waals surface area contributed by atoms with Crippen LogP contribution in [0.5, 0.6) is 0 Å². The van der Waals surface area contributed by atoms with Crippen molar-refractivity contribution >= 4 is 22.6 Å². The Morgan fingerprint density at radius 1 is 1.33 bits per heavy atom. The van der Waals surface area contributed by atoms with Crippen molar-refractivity contribution in [3.63, 3.8) is 0 Å². The molecule has 0 spiro atoms. The van der Waals surface area contributed by atoms with Gasteiger partial charge in [0.1, 0.15) is 11.3 Å². The third-order valence-electron chi connectivity index (χ3n) is 3.24. The Bertz CT molecular complexity index is 506. The summed E-state index contributed by atoms with van der Waals surface area (Å²) < 4.78 is 6.01. The van der Waals surface area contributed by atoms with Gasteiger partial charge in [-0.1, -0.05) is 38.4 Å². The van der Waals surface area contributed by atoms with Gasteiger partial charge in [0.25, 0.3) is 0 Å². The van der Waals surface area contributed by atoms with E-state index in [9.17, 15) is 0 Å². The minimum absolute atomic E-state index is 0.234. The maximum absolute atomic E-state index is 6.22. The van der Waals surface area contributed by atoms with Crippen molar-refractivity contribution < 1.29 is 4.42 Å². The van der Waals surface area contributed by atoms with Crippen molar-refractivity contribution in [3.8, 4) is 0 Å². The maximum Gasteiger partial charge on any atom is 0.138 e. The van der Waals surface area contributed by atoms with Gasteiger partial charge in [-0.2, -0.15) is 0 Å². The number of halogens is 1. The molecule has 0 saturated carbocycles. The summed E-state index contributed by atoms with van der Waals surface area (Å²) in [5, 5.41) is 5.23. The monoisotopic (exact) mass is 265 g/mol. The second kappa shape index (κ2) is 5.33. The molecule has 2 rings (SSSR count). The summed E-state index contributed by atoms with van der Waals surface area (Å²) in [6, 6.07) is 6.22. The summed E-state index contributed by atoms with van der Waals surface area (Å²) >= 11 is 6.22. The molecule has 2 nitrogen and oxygen atoms in total. The van der Waals surface area contributed by atoms with Crippen LogP contribution in [0.4, 0.5) is 0 Å². The first kappa shape index (κ1) is 13.4. The van der Waals surface area contributed by atoms with Crippen molar-refractivity contribution in [2.75, 3.05) is 6.54 Å². The van der Waals surface area contributed by atoms with Crippen LogP contribution >= 0.6 is 11.6 Å². The molecule has 1 unspecified atom stereocenters. The first-order valence-corrected chi connectivity index (χ1v) is 6.84. The lowest BCUT2D eigenvalue weighted by Gasteiger charge is -2.19. The minimum atomic E-state index is 0.234.